The number of nitrogens with zero attached hydrogens (tertiary/aromatic N) is 4. The Kier molecular flexibility index (Phi) is 7.66. The van der Waals surface area contributed by atoms with Gasteiger partial charge in [-0.15, -0.1) is 29.7 Å². The van der Waals surface area contributed by atoms with E-state index in [9.17, 15) is 38.4 Å². The van der Waals surface area contributed by atoms with Crippen molar-refractivity contribution in [2.75, 3.05) is 0 Å². The summed E-state index contributed by atoms with van der Waals surface area (Å²) < 4.78 is 410. The predicted molar refractivity (Wildman–Crippen MR) is 383 cm³/mol. The van der Waals surface area contributed by atoms with Gasteiger partial charge in [-0.1, -0.05) is 302 Å². The molecule has 0 bridgehead atoms. The maximum absolute atomic E-state index is 11.3. The maximum Gasteiger partial charge on any atom is 0.268 e. The number of rotatable bonds is 15. The van der Waals surface area contributed by atoms with Crippen LogP contribution in [0.25, 0.3) is 72.3 Å². The number of aromatic nitrogens is 4. The molecule has 3 heterocycles. The molecule has 0 unspecified atom stereocenters. The number of imidazole rings is 1. The van der Waals surface area contributed by atoms with E-state index in [-0.39, 0.29) is 66.2 Å². The number of fused-ring (bicyclic) bond motifs is 4. The first kappa shape index (κ1) is 28.4. The Balaban J connectivity index is 0.0000139. The number of ether oxygens (including phenoxy) is 1. The Labute approximate surface area is 617 Å². The van der Waals surface area contributed by atoms with Crippen molar-refractivity contribution in [2.45, 2.75) is 6.85 Å². The summed E-state index contributed by atoms with van der Waals surface area (Å²) in [6, 6.07) is -16.7. The van der Waals surface area contributed by atoms with Crippen molar-refractivity contribution < 1.29 is 87.9 Å². The van der Waals surface area contributed by atoms with Gasteiger partial charge < -0.3 is 13.9 Å². The fourth-order valence-corrected chi connectivity index (χ4v) is 19.1. The van der Waals surface area contributed by atoms with E-state index in [1.807, 2.05) is 0 Å². The first-order valence-corrected chi connectivity index (χ1v) is 31.8. The Morgan fingerprint density at radius 1 is 0.452 bits per heavy atom. The molecule has 13 aromatic carbocycles. The minimum atomic E-state index is -6.80. The van der Waals surface area contributed by atoms with Gasteiger partial charge in [0.25, 0.3) is 6.33 Å². The molecule has 0 radical (unpaired) electrons. The summed E-state index contributed by atoms with van der Waals surface area (Å²) in [6.07, 6.45) is 4.30. The van der Waals surface area contributed by atoms with Crippen molar-refractivity contribution in [3.8, 4) is 50.9 Å². The van der Waals surface area contributed by atoms with E-state index >= 15 is 0 Å². The molecule has 0 aliphatic heterocycles. The second kappa shape index (κ2) is 25.1. The minimum absolute atomic E-state index is 0. The quantitative estimate of drug-likeness (QED) is 0.0444. The molecule has 0 spiro atoms. The molecule has 8 heteroatoms. The topological polar surface area (TPSA) is 35.9 Å². The average Bonchev–Trinajstić information content (AvgIpc) is 1.45. The summed E-state index contributed by atoms with van der Waals surface area (Å²) in [4.78, 5) is 4.66. The second-order valence-corrected chi connectivity index (χ2v) is 27.3. The number of benzene rings is 13. The standard InChI is InChI=1S/C85H60N4OSi2.Pt/c1-62-56-84(86-60-78(62)63-30-9-2-10-31-63)89-79-50-24-23-48-76(79)77-55-54-67(59-82(77)89)90-66-34-28-33-65(58-66)87-61-88(81-52-26-25-51-80(81)87)85-75(49-29-53-83(85)92(71-41-17-6-18-42-71,72-43-19-7-20-44-72)73-45-21-8-22-46-73)64-32-27-47-74(57-64)91(68-35-11-3-12-36-68,69-37-13-4-14-38-69)70-39-15-5-16-40-70;/h2-57,60H,1H3;/q-2;/i1D3,2D,3D,4D,5D,6D,7D,8D,9D,10D,11D,12D,13D,14D,15D,16D,17D,18D,19D,20D,21D,22D,27D,30D,31D,32D,35D,36D,37D,38D,39D,40D,41D,42D,43D,44D,45D,46D,47D,57D;. The van der Waals surface area contributed by atoms with Gasteiger partial charge in [0.05, 0.1) is 70.2 Å². The third kappa shape index (κ3) is 10.2. The van der Waals surface area contributed by atoms with E-state index in [2.05, 4.69) is 23.4 Å². The summed E-state index contributed by atoms with van der Waals surface area (Å²) in [5.41, 5.74) is -3.50. The molecule has 0 aliphatic carbocycles. The van der Waals surface area contributed by atoms with Crippen LogP contribution in [-0.4, -0.2) is 30.3 Å². The smallest absolute Gasteiger partial charge is 0.268 e. The maximum atomic E-state index is 11.3. The molecule has 0 aliphatic rings. The Bertz CT molecular complexity index is 7400. The van der Waals surface area contributed by atoms with Crippen molar-refractivity contribution >= 4 is 90.5 Å². The van der Waals surface area contributed by atoms with Crippen LogP contribution in [0.5, 0.6) is 11.5 Å². The number of aryl methyl sites for hydroxylation is 1. The zero-order valence-corrected chi connectivity index (χ0v) is 51.7. The van der Waals surface area contributed by atoms with Gasteiger partial charge in [0, 0.05) is 54.0 Å². The molecule has 3 aromatic heterocycles. The first-order chi connectivity index (χ1) is 62.9. The Morgan fingerprint density at radius 2 is 0.968 bits per heavy atom. The Hall–Kier alpha value is -10.8. The molecule has 0 saturated carbocycles. The number of hydrogen-bond donors (Lipinski definition) is 0. The first-order valence-electron chi connectivity index (χ1n) is 48.8. The monoisotopic (exact) mass is 1450 g/mol. The zero-order chi connectivity index (χ0) is 97.9. The molecule has 0 saturated heterocycles. The van der Waals surface area contributed by atoms with E-state index < -0.39 is 328 Å². The van der Waals surface area contributed by atoms with Gasteiger partial charge in [-0.2, -0.15) is 18.2 Å². The fourth-order valence-electron chi connectivity index (χ4n) is 11.6. The molecule has 16 rings (SSSR count). The zero-order valence-electron chi connectivity index (χ0n) is 89.4. The molecule has 0 amide bonds. The van der Waals surface area contributed by atoms with E-state index in [0.29, 0.717) is 16.3 Å². The third-order valence-electron chi connectivity index (χ3n) is 15.4. The van der Waals surface area contributed by atoms with E-state index in [1.165, 1.54) is 59.2 Å². The van der Waals surface area contributed by atoms with Crippen LogP contribution >= 0.6 is 0 Å². The normalized spacial score (nSPS) is 18.1. The Morgan fingerprint density at radius 3 is 1.57 bits per heavy atom. The van der Waals surface area contributed by atoms with Gasteiger partial charge in [0.2, 0.25) is 0 Å². The van der Waals surface area contributed by atoms with Gasteiger partial charge in [-0.05, 0) is 93.8 Å². The average molecular weight is 1450 g/mol. The van der Waals surface area contributed by atoms with E-state index in [4.69, 9.17) is 23.9 Å². The van der Waals surface area contributed by atoms with Gasteiger partial charge in [-0.25, -0.2) is 4.98 Å². The van der Waals surface area contributed by atoms with Crippen LogP contribution in [0, 0.1) is 25.3 Å². The molecule has 446 valence electrons. The SMILES string of the molecule is [2H]c1c([2H])c([2H])c(-c2cnc(-n3c4[c-]c(Oc5[c-]c(-n6[c-][n+](-c7c(-c8c([2H])c([2H])c([2H])c([Si](c9c([2H])c([2H])c([2H])c([2H])c9[2H])(c9c([2H])c([2H])c([2H])c([2H])c9[2H])c9c([2H])c([2H])c([2H])c([2H])c9[2H])c8[2H])cccc7[Si](c7c([2H])c([2H])c([2H])c([2H])c7[2H])(c7c([2H])c([2H])c([2H])c([2H])c7[2H])c7c([2H])c([2H])c([2H])c([2H])c7[2H])c7ccccc76)ccc5)ccc4c4ccccc43)cc2C([2H])([2H])[2H])c([2H])c1[2H].[Pt]. The fraction of sp³-hybridized carbons (Fsp3) is 0.0118. The summed E-state index contributed by atoms with van der Waals surface area (Å²) in [5, 5.41) is -8.19. The molecule has 0 N–H and O–H groups in total. The predicted octanol–water partition coefficient (Wildman–Crippen LogP) is 14.0. The molecular weight excluding hydrogens is 1340 g/mol. The molecular formula is C85H60N4OPtSi2-2. The molecule has 0 atom stereocenters. The summed E-state index contributed by atoms with van der Waals surface area (Å²) in [5.74, 6) is -0.249. The van der Waals surface area contributed by atoms with Gasteiger partial charge in [-0.3, -0.25) is 4.57 Å². The van der Waals surface area contributed by atoms with Crippen LogP contribution in [0.15, 0.2) is 345 Å². The van der Waals surface area contributed by atoms with Gasteiger partial charge in [0.1, 0.15) is 5.82 Å². The molecule has 0 fully saturated rings. The van der Waals surface area contributed by atoms with Crippen molar-refractivity contribution in [3.63, 3.8) is 0 Å². The van der Waals surface area contributed by atoms with Crippen LogP contribution in [0.3, 0.4) is 0 Å². The number of pyridine rings is 1. The minimum Gasteiger partial charge on any atom is -0.510 e. The summed E-state index contributed by atoms with van der Waals surface area (Å²) in [7, 11) is -13.4. The van der Waals surface area contributed by atoms with Crippen molar-refractivity contribution in [1.82, 2.24) is 14.1 Å². The molecule has 5 nitrogen and oxygen atoms in total. The summed E-state index contributed by atoms with van der Waals surface area (Å²) in [6.45, 7) is -3.00. The largest absolute Gasteiger partial charge is 0.510 e. The van der Waals surface area contributed by atoms with Crippen LogP contribution in [-0.2, 0) is 21.1 Å². The summed E-state index contributed by atoms with van der Waals surface area (Å²) >= 11 is 0. The van der Waals surface area contributed by atoms with Gasteiger partial charge in [0.15, 0.2) is 16.1 Å². The second-order valence-electron chi connectivity index (χ2n) is 20.2. The van der Waals surface area contributed by atoms with Crippen LogP contribution in [0.4, 0.5) is 0 Å². The van der Waals surface area contributed by atoms with Crippen LogP contribution < -0.4 is 50.8 Å². The van der Waals surface area contributed by atoms with Crippen molar-refractivity contribution in [2.24, 2.45) is 0 Å². The van der Waals surface area contributed by atoms with Crippen molar-refractivity contribution in [3.05, 3.63) is 369 Å². The number of hydrogen-bond acceptors (Lipinski definition) is 2. The van der Waals surface area contributed by atoms with Crippen LogP contribution in [0.2, 0.25) is 0 Å². The molecule has 93 heavy (non-hydrogen) atoms. The van der Waals surface area contributed by atoms with Crippen molar-refractivity contribution in [1.29, 1.82) is 0 Å². The van der Waals surface area contributed by atoms with E-state index in [0.717, 1.165) is 29.0 Å². The van der Waals surface area contributed by atoms with Gasteiger partial charge >= 0.3 is 0 Å². The number of para-hydroxylation sites is 4. The van der Waals surface area contributed by atoms with Crippen LogP contribution in [0.1, 0.15) is 63.1 Å². The molecule has 16 aromatic rings. The van der Waals surface area contributed by atoms with E-state index in [1.54, 1.807) is 34.9 Å². The third-order valence-corrected chi connectivity index (χ3v) is 23.6.